The molecule has 0 aromatic carbocycles. The first-order valence-corrected chi connectivity index (χ1v) is 12.6. The molecule has 150 valence electrons. The lowest BCUT2D eigenvalue weighted by Crippen LogP contribution is -2.50. The van der Waals surface area contributed by atoms with E-state index >= 15 is 0 Å². The summed E-state index contributed by atoms with van der Waals surface area (Å²) in [6.07, 6.45) is -1.13. The van der Waals surface area contributed by atoms with Crippen LogP contribution in [0.25, 0.3) is 0 Å². The zero-order valence-corrected chi connectivity index (χ0v) is 18.2. The van der Waals surface area contributed by atoms with Gasteiger partial charge in [0.15, 0.2) is 6.03 Å². The van der Waals surface area contributed by atoms with Crippen LogP contribution >= 0.6 is 16.5 Å². The highest BCUT2D eigenvalue weighted by atomic mass is 32.0. The van der Waals surface area contributed by atoms with Crippen LogP contribution in [-0.4, -0.2) is 66.2 Å². The van der Waals surface area contributed by atoms with Gasteiger partial charge in [-0.05, 0) is 20.7 Å². The monoisotopic (exact) mass is 407 g/mol. The maximum Gasteiger partial charge on any atom is 0.416 e. The second-order valence-corrected chi connectivity index (χ2v) is 11.6. The van der Waals surface area contributed by atoms with Crippen LogP contribution in [0.15, 0.2) is 0 Å². The Morgan fingerprint density at radius 2 is 2.08 bits per heavy atom. The molecule has 2 fully saturated rings. The second kappa shape index (κ2) is 9.25. The van der Waals surface area contributed by atoms with Crippen LogP contribution in [-0.2, 0) is 19.0 Å². The second-order valence-electron chi connectivity index (χ2n) is 7.37. The average Bonchev–Trinajstić information content (AvgIpc) is 2.99. The van der Waals surface area contributed by atoms with Crippen molar-refractivity contribution in [2.75, 3.05) is 19.9 Å². The van der Waals surface area contributed by atoms with E-state index in [1.807, 2.05) is 20.8 Å². The highest BCUT2D eigenvalue weighted by molar-refractivity contribution is 8.13. The molecule has 9 atom stereocenters. The Balaban J connectivity index is 2.07. The van der Waals surface area contributed by atoms with Crippen LogP contribution in [0.5, 0.6) is 0 Å². The fraction of sp³-hybridized carbons (Fsp3) is 0.882. The third-order valence-electron chi connectivity index (χ3n) is 5.30. The van der Waals surface area contributed by atoms with Gasteiger partial charge in [0.1, 0.15) is 6.61 Å². The number of cyclic esters (lactones) is 1. The first kappa shape index (κ1) is 22.0. The van der Waals surface area contributed by atoms with Gasteiger partial charge in [0, 0.05) is 11.8 Å². The summed E-state index contributed by atoms with van der Waals surface area (Å²) >= 11 is 0. The van der Waals surface area contributed by atoms with Crippen molar-refractivity contribution in [2.45, 2.75) is 58.4 Å². The summed E-state index contributed by atoms with van der Waals surface area (Å²) in [6, 6.07) is -0.543. The molecule has 2 aliphatic rings. The molecule has 0 bridgehead atoms. The van der Waals surface area contributed by atoms with Gasteiger partial charge in [0.25, 0.3) is 0 Å². The first-order valence-electron chi connectivity index (χ1n) is 9.11. The van der Waals surface area contributed by atoms with Gasteiger partial charge >= 0.3 is 6.09 Å². The third kappa shape index (κ3) is 4.56. The minimum absolute atomic E-state index is 0.110. The van der Waals surface area contributed by atoms with E-state index in [1.54, 1.807) is 6.92 Å². The highest BCUT2D eigenvalue weighted by Crippen LogP contribution is 2.49. The molecular formula is C17H31NO6P2. The quantitative estimate of drug-likeness (QED) is 0.682. The Hall–Kier alpha value is -0.320. The van der Waals surface area contributed by atoms with Crippen molar-refractivity contribution < 1.29 is 28.9 Å². The Kier molecular flexibility index (Phi) is 7.82. The maximum absolute atomic E-state index is 12.8. The molecular weight excluding hydrogens is 376 g/mol. The van der Waals surface area contributed by atoms with Crippen molar-refractivity contribution in [3.05, 3.63) is 0 Å². The molecule has 2 saturated heterocycles. The van der Waals surface area contributed by atoms with E-state index in [0.717, 1.165) is 4.90 Å². The zero-order valence-electron chi connectivity index (χ0n) is 16.1. The Morgan fingerprint density at radius 1 is 1.42 bits per heavy atom. The number of aliphatic hydroxyl groups is 1. The van der Waals surface area contributed by atoms with Crippen LogP contribution in [0.1, 0.15) is 34.1 Å². The van der Waals surface area contributed by atoms with E-state index < -0.39 is 31.6 Å². The highest BCUT2D eigenvalue weighted by Gasteiger charge is 2.44. The summed E-state index contributed by atoms with van der Waals surface area (Å²) in [7, 11) is 2.22. The molecule has 1 N–H and O–H groups in total. The SMILES string of the molecule is CC[C@@H]1COC(=O)N1C(=O)[C@H](C)[C@@H](O)[C@H](C)[C@H]1OC(P(C)P)OC[C@@H]1C. The predicted molar refractivity (Wildman–Crippen MR) is 103 cm³/mol. The lowest BCUT2D eigenvalue weighted by atomic mass is 9.83. The fourth-order valence-corrected chi connectivity index (χ4v) is 4.66. The van der Waals surface area contributed by atoms with Gasteiger partial charge in [0.2, 0.25) is 5.91 Å². The van der Waals surface area contributed by atoms with Gasteiger partial charge in [-0.3, -0.25) is 4.79 Å². The zero-order chi connectivity index (χ0) is 19.6. The average molecular weight is 407 g/mol. The maximum atomic E-state index is 12.8. The van der Waals surface area contributed by atoms with E-state index in [9.17, 15) is 14.7 Å². The Labute approximate surface area is 159 Å². The largest absolute Gasteiger partial charge is 0.447 e. The minimum Gasteiger partial charge on any atom is -0.447 e. The Morgan fingerprint density at radius 3 is 2.65 bits per heavy atom. The predicted octanol–water partition coefficient (Wildman–Crippen LogP) is 2.61. The Bertz CT molecular complexity index is 519. The van der Waals surface area contributed by atoms with Crippen LogP contribution < -0.4 is 0 Å². The summed E-state index contributed by atoms with van der Waals surface area (Å²) in [4.78, 5) is 25.9. The summed E-state index contributed by atoms with van der Waals surface area (Å²) in [5.41, 5.74) is 0. The molecule has 2 amide bonds. The molecule has 3 unspecified atom stereocenters. The molecule has 0 saturated carbocycles. The van der Waals surface area contributed by atoms with Crippen molar-refractivity contribution in [2.24, 2.45) is 17.8 Å². The molecule has 0 aromatic heterocycles. The van der Waals surface area contributed by atoms with E-state index in [2.05, 4.69) is 15.6 Å². The topological polar surface area (TPSA) is 85.3 Å². The van der Waals surface area contributed by atoms with Gasteiger partial charge in [0.05, 0.1) is 30.8 Å². The lowest BCUT2D eigenvalue weighted by molar-refractivity contribution is -0.214. The van der Waals surface area contributed by atoms with Crippen LogP contribution in [0.4, 0.5) is 4.79 Å². The van der Waals surface area contributed by atoms with Crippen LogP contribution in [0.3, 0.4) is 0 Å². The number of hydrogen-bond donors (Lipinski definition) is 1. The van der Waals surface area contributed by atoms with Crippen LogP contribution in [0, 0.1) is 17.8 Å². The molecule has 0 aliphatic carbocycles. The molecule has 0 radical (unpaired) electrons. The van der Waals surface area contributed by atoms with Gasteiger partial charge in [-0.2, -0.15) is 0 Å². The van der Waals surface area contributed by atoms with Gasteiger partial charge in [-0.25, -0.2) is 9.69 Å². The molecule has 2 aliphatic heterocycles. The number of carbonyl (C=O) groups excluding carboxylic acids is 2. The number of nitrogens with zero attached hydrogens (tertiary/aromatic N) is 1. The van der Waals surface area contributed by atoms with E-state index in [-0.39, 0.29) is 36.6 Å². The number of aliphatic hydroxyl groups excluding tert-OH is 1. The van der Waals surface area contributed by atoms with Crippen LogP contribution in [0.2, 0.25) is 0 Å². The molecule has 0 spiro atoms. The van der Waals surface area contributed by atoms with E-state index in [4.69, 9.17) is 14.2 Å². The summed E-state index contributed by atoms with van der Waals surface area (Å²) in [5, 5.41) is 10.8. The number of hydrogen-bond acceptors (Lipinski definition) is 6. The third-order valence-corrected chi connectivity index (χ3v) is 6.96. The van der Waals surface area contributed by atoms with Crippen molar-refractivity contribution in [1.82, 2.24) is 4.90 Å². The number of imide groups is 1. The van der Waals surface area contributed by atoms with Gasteiger partial charge in [-0.1, -0.05) is 27.7 Å². The molecule has 0 aromatic rings. The fourth-order valence-electron chi connectivity index (χ4n) is 3.54. The summed E-state index contributed by atoms with van der Waals surface area (Å²) in [5.74, 6) is -1.27. The van der Waals surface area contributed by atoms with Crippen molar-refractivity contribution in [3.63, 3.8) is 0 Å². The number of carbonyl (C=O) groups is 2. The number of rotatable bonds is 6. The lowest BCUT2D eigenvalue weighted by Gasteiger charge is -2.41. The van der Waals surface area contributed by atoms with Gasteiger partial charge < -0.3 is 19.3 Å². The van der Waals surface area contributed by atoms with Crippen molar-refractivity contribution >= 4 is 28.5 Å². The summed E-state index contributed by atoms with van der Waals surface area (Å²) < 4.78 is 16.8. The molecule has 26 heavy (non-hydrogen) atoms. The molecule has 2 heterocycles. The number of amides is 2. The smallest absolute Gasteiger partial charge is 0.416 e. The van der Waals surface area contributed by atoms with Crippen molar-refractivity contribution in [1.29, 1.82) is 0 Å². The molecule has 9 heteroatoms. The van der Waals surface area contributed by atoms with E-state index in [0.29, 0.717) is 13.0 Å². The molecule has 2 rings (SSSR count). The minimum atomic E-state index is -0.924. The first-order chi connectivity index (χ1) is 12.2. The van der Waals surface area contributed by atoms with E-state index in [1.165, 1.54) is 0 Å². The van der Waals surface area contributed by atoms with Crippen molar-refractivity contribution in [3.8, 4) is 0 Å². The number of ether oxygens (including phenoxy) is 3. The summed E-state index contributed by atoms with van der Waals surface area (Å²) in [6.45, 7) is 10.3. The molecule has 7 nitrogen and oxygen atoms in total. The van der Waals surface area contributed by atoms with Gasteiger partial charge in [-0.15, -0.1) is 8.93 Å². The normalized spacial score (nSPS) is 34.1. The standard InChI is InChI=1S/C17H31NO6P2/c1-6-12-8-22-16(21)18(12)15(20)11(4)13(19)10(3)14-9(2)7-23-17(24-14)26(5)25/h9-14,17,19H,6-8,25H2,1-5H3/t9-,10-,11+,12+,13-,14-,17?,26?/m0/s1.